The summed E-state index contributed by atoms with van der Waals surface area (Å²) in [4.78, 5) is 0. The summed E-state index contributed by atoms with van der Waals surface area (Å²) >= 11 is 0. The predicted molar refractivity (Wildman–Crippen MR) is 75.5 cm³/mol. The molecule has 0 N–H and O–H groups in total. The molecule has 0 aromatic rings. The maximum atomic E-state index is 6.15. The first-order valence-electron chi connectivity index (χ1n) is 7.42. The van der Waals surface area contributed by atoms with Crippen LogP contribution >= 0.6 is 0 Å². The van der Waals surface area contributed by atoms with Crippen molar-refractivity contribution in [2.45, 2.75) is 71.4 Å². The number of hydrogen-bond acceptors (Lipinski definition) is 2. The van der Waals surface area contributed by atoms with Crippen molar-refractivity contribution < 1.29 is 8.85 Å². The molecule has 0 unspecified atom stereocenters. The summed E-state index contributed by atoms with van der Waals surface area (Å²) in [5.41, 5.74) is 0.560. The molecular weight excluding hydrogens is 228 g/mol. The standard InChI is InChI=1S/C14H30O2Si/c1-5-15-17(13(3)4,16-6-2)12-14-10-8-7-9-11-14/h13-14H,5-12H2,1-4H3. The minimum atomic E-state index is -1.96. The van der Waals surface area contributed by atoms with Gasteiger partial charge in [-0.25, -0.2) is 0 Å². The van der Waals surface area contributed by atoms with Crippen LogP contribution in [-0.2, 0) is 8.85 Å². The minimum absolute atomic E-state index is 0.560. The van der Waals surface area contributed by atoms with Crippen LogP contribution in [0.2, 0.25) is 11.6 Å². The molecule has 0 aliphatic heterocycles. The van der Waals surface area contributed by atoms with Crippen molar-refractivity contribution in [2.24, 2.45) is 5.92 Å². The lowest BCUT2D eigenvalue weighted by atomic mass is 9.91. The fraction of sp³-hybridized carbons (Fsp3) is 1.00. The highest BCUT2D eigenvalue weighted by molar-refractivity contribution is 6.68. The topological polar surface area (TPSA) is 18.5 Å². The summed E-state index contributed by atoms with van der Waals surface area (Å²) in [6.45, 7) is 10.4. The van der Waals surface area contributed by atoms with Gasteiger partial charge < -0.3 is 8.85 Å². The van der Waals surface area contributed by atoms with Gasteiger partial charge in [0, 0.05) is 13.2 Å². The van der Waals surface area contributed by atoms with E-state index >= 15 is 0 Å². The second-order valence-corrected chi connectivity index (χ2v) is 9.30. The van der Waals surface area contributed by atoms with E-state index < -0.39 is 8.56 Å². The van der Waals surface area contributed by atoms with Crippen molar-refractivity contribution in [1.82, 2.24) is 0 Å². The average Bonchev–Trinajstić information content (AvgIpc) is 2.30. The van der Waals surface area contributed by atoms with Crippen LogP contribution in [0.15, 0.2) is 0 Å². The van der Waals surface area contributed by atoms with Gasteiger partial charge in [-0.1, -0.05) is 46.0 Å². The Hall–Kier alpha value is 0.137. The van der Waals surface area contributed by atoms with Gasteiger partial charge in [0.25, 0.3) is 0 Å². The molecule has 0 spiro atoms. The van der Waals surface area contributed by atoms with Crippen LogP contribution in [0.1, 0.15) is 59.8 Å². The Morgan fingerprint density at radius 3 is 1.94 bits per heavy atom. The van der Waals surface area contributed by atoms with Gasteiger partial charge in [-0.3, -0.25) is 0 Å². The molecule has 1 rings (SSSR count). The van der Waals surface area contributed by atoms with Crippen molar-refractivity contribution in [1.29, 1.82) is 0 Å². The highest BCUT2D eigenvalue weighted by Crippen LogP contribution is 2.37. The molecule has 0 bridgehead atoms. The monoisotopic (exact) mass is 258 g/mol. The largest absolute Gasteiger partial charge is 0.394 e. The van der Waals surface area contributed by atoms with Crippen LogP contribution < -0.4 is 0 Å². The summed E-state index contributed by atoms with van der Waals surface area (Å²) in [5, 5.41) is 0. The average molecular weight is 258 g/mol. The second-order valence-electron chi connectivity index (χ2n) is 5.54. The first-order valence-corrected chi connectivity index (χ1v) is 9.52. The molecule has 0 atom stereocenters. The molecule has 1 aliphatic carbocycles. The Morgan fingerprint density at radius 1 is 1.00 bits per heavy atom. The van der Waals surface area contributed by atoms with Gasteiger partial charge in [0.1, 0.15) is 0 Å². The first-order chi connectivity index (χ1) is 8.14. The van der Waals surface area contributed by atoms with Gasteiger partial charge in [0.05, 0.1) is 0 Å². The predicted octanol–water partition coefficient (Wildman–Crippen LogP) is 4.49. The Morgan fingerprint density at radius 2 is 1.53 bits per heavy atom. The zero-order chi connectivity index (χ0) is 12.7. The van der Waals surface area contributed by atoms with Gasteiger partial charge >= 0.3 is 8.56 Å². The maximum absolute atomic E-state index is 6.15. The molecule has 0 radical (unpaired) electrons. The summed E-state index contributed by atoms with van der Waals surface area (Å²) in [6, 6.07) is 1.21. The summed E-state index contributed by atoms with van der Waals surface area (Å²) in [5.74, 6) is 0.857. The van der Waals surface area contributed by atoms with Gasteiger partial charge in [-0.15, -0.1) is 0 Å². The molecule has 0 heterocycles. The van der Waals surface area contributed by atoms with E-state index in [1.807, 2.05) is 0 Å². The zero-order valence-corrected chi connectivity index (χ0v) is 13.1. The normalized spacial score (nSPS) is 18.9. The molecule has 1 fully saturated rings. The summed E-state index contributed by atoms with van der Waals surface area (Å²) < 4.78 is 12.3. The Kier molecular flexibility index (Phi) is 6.74. The molecular formula is C14H30O2Si. The fourth-order valence-corrected chi connectivity index (χ4v) is 6.66. The van der Waals surface area contributed by atoms with E-state index in [2.05, 4.69) is 27.7 Å². The molecule has 102 valence electrons. The van der Waals surface area contributed by atoms with E-state index in [0.717, 1.165) is 19.1 Å². The third-order valence-electron chi connectivity index (χ3n) is 3.95. The SMILES string of the molecule is CCO[Si](CC1CCCCC1)(OCC)C(C)C. The molecule has 1 aliphatic rings. The van der Waals surface area contributed by atoms with Crippen LogP contribution in [0.4, 0.5) is 0 Å². The second kappa shape index (κ2) is 7.55. The van der Waals surface area contributed by atoms with Crippen LogP contribution in [0.3, 0.4) is 0 Å². The molecule has 0 aromatic carbocycles. The van der Waals surface area contributed by atoms with E-state index in [-0.39, 0.29) is 0 Å². The van der Waals surface area contributed by atoms with Gasteiger partial charge in [0.2, 0.25) is 0 Å². The van der Waals surface area contributed by atoms with Crippen molar-refractivity contribution >= 4 is 8.56 Å². The van der Waals surface area contributed by atoms with Crippen LogP contribution in [0.5, 0.6) is 0 Å². The first kappa shape index (κ1) is 15.2. The molecule has 3 heteroatoms. The molecule has 17 heavy (non-hydrogen) atoms. The minimum Gasteiger partial charge on any atom is -0.394 e. The molecule has 0 saturated heterocycles. The quantitative estimate of drug-likeness (QED) is 0.626. The lowest BCUT2D eigenvalue weighted by Crippen LogP contribution is -2.47. The van der Waals surface area contributed by atoms with Crippen LogP contribution in [0, 0.1) is 5.92 Å². The fourth-order valence-electron chi connectivity index (χ4n) is 3.01. The molecule has 0 aromatic heterocycles. The Balaban J connectivity index is 2.65. The zero-order valence-electron chi connectivity index (χ0n) is 12.1. The lowest BCUT2D eigenvalue weighted by molar-refractivity contribution is 0.165. The van der Waals surface area contributed by atoms with Crippen molar-refractivity contribution in [2.75, 3.05) is 13.2 Å². The van der Waals surface area contributed by atoms with Crippen molar-refractivity contribution in [3.05, 3.63) is 0 Å². The van der Waals surface area contributed by atoms with Gasteiger partial charge in [0.15, 0.2) is 0 Å². The Labute approximate surface area is 108 Å². The molecule has 0 amide bonds. The molecule has 2 nitrogen and oxygen atoms in total. The van der Waals surface area contributed by atoms with Crippen molar-refractivity contribution in [3.63, 3.8) is 0 Å². The smallest absolute Gasteiger partial charge is 0.341 e. The lowest BCUT2D eigenvalue weighted by Gasteiger charge is -2.37. The van der Waals surface area contributed by atoms with E-state index in [0.29, 0.717) is 5.54 Å². The van der Waals surface area contributed by atoms with E-state index in [9.17, 15) is 0 Å². The number of hydrogen-bond donors (Lipinski definition) is 0. The van der Waals surface area contributed by atoms with E-state index in [4.69, 9.17) is 8.85 Å². The van der Waals surface area contributed by atoms with Crippen LogP contribution in [-0.4, -0.2) is 21.8 Å². The molecule has 1 saturated carbocycles. The van der Waals surface area contributed by atoms with Crippen molar-refractivity contribution in [3.8, 4) is 0 Å². The highest BCUT2D eigenvalue weighted by Gasteiger charge is 2.42. The van der Waals surface area contributed by atoms with E-state index in [1.54, 1.807) is 0 Å². The van der Waals surface area contributed by atoms with E-state index in [1.165, 1.54) is 38.1 Å². The highest BCUT2D eigenvalue weighted by atomic mass is 28.4. The Bertz CT molecular complexity index is 194. The number of rotatable bonds is 7. The summed E-state index contributed by atoms with van der Waals surface area (Å²) in [6.07, 6.45) is 7.02. The van der Waals surface area contributed by atoms with Gasteiger partial charge in [-0.2, -0.15) is 0 Å². The van der Waals surface area contributed by atoms with Crippen LogP contribution in [0.25, 0.3) is 0 Å². The third kappa shape index (κ3) is 4.38. The third-order valence-corrected chi connectivity index (χ3v) is 8.42. The van der Waals surface area contributed by atoms with Gasteiger partial charge in [-0.05, 0) is 31.4 Å². The summed E-state index contributed by atoms with van der Waals surface area (Å²) in [7, 11) is -1.96. The maximum Gasteiger partial charge on any atom is 0.341 e.